The van der Waals surface area contributed by atoms with Gasteiger partial charge in [0.1, 0.15) is 5.75 Å². The van der Waals surface area contributed by atoms with Crippen LogP contribution in [-0.2, 0) is 22.6 Å². The van der Waals surface area contributed by atoms with E-state index in [0.717, 1.165) is 55.3 Å². The third kappa shape index (κ3) is 5.55. The van der Waals surface area contributed by atoms with Crippen LogP contribution in [0.1, 0.15) is 22.3 Å². The molecule has 1 N–H and O–H groups in total. The van der Waals surface area contributed by atoms with Crippen molar-refractivity contribution in [3.63, 3.8) is 0 Å². The van der Waals surface area contributed by atoms with Gasteiger partial charge in [0.2, 0.25) is 0 Å². The summed E-state index contributed by atoms with van der Waals surface area (Å²) < 4.78 is 11.1. The van der Waals surface area contributed by atoms with E-state index in [2.05, 4.69) is 22.3 Å². The van der Waals surface area contributed by atoms with Crippen molar-refractivity contribution in [2.45, 2.75) is 26.9 Å². The number of hydrogen-bond donors (Lipinski definition) is 1. The smallest absolute Gasteiger partial charge is 0.258 e. The quantitative estimate of drug-likeness (QED) is 0.817. The Balaban J connectivity index is 1.52. The molecule has 0 bridgehead atoms. The molecular formula is C22H28N2O3. The van der Waals surface area contributed by atoms with Gasteiger partial charge < -0.3 is 14.8 Å². The van der Waals surface area contributed by atoms with Crippen molar-refractivity contribution < 1.29 is 14.3 Å². The summed E-state index contributed by atoms with van der Waals surface area (Å²) in [5.41, 5.74) is 4.62. The number of hydrogen-bond acceptors (Lipinski definition) is 4. The molecule has 27 heavy (non-hydrogen) atoms. The molecule has 2 aromatic rings. The summed E-state index contributed by atoms with van der Waals surface area (Å²) in [6.45, 7) is 8.93. The van der Waals surface area contributed by atoms with Crippen LogP contribution in [0, 0.1) is 13.8 Å². The maximum atomic E-state index is 12.2. The fourth-order valence-corrected chi connectivity index (χ4v) is 3.15. The molecule has 1 amide bonds. The molecule has 1 fully saturated rings. The lowest BCUT2D eigenvalue weighted by Gasteiger charge is -2.27. The van der Waals surface area contributed by atoms with E-state index in [1.165, 1.54) is 5.56 Å². The Bertz CT molecular complexity index is 770. The molecule has 0 aromatic heterocycles. The number of carbonyl (C=O) groups is 1. The van der Waals surface area contributed by atoms with Gasteiger partial charge in [0.25, 0.3) is 5.91 Å². The van der Waals surface area contributed by atoms with Crippen molar-refractivity contribution in [3.05, 3.63) is 64.7 Å². The molecule has 3 rings (SSSR count). The number of nitrogens with zero attached hydrogens (tertiary/aromatic N) is 1. The van der Waals surface area contributed by atoms with Gasteiger partial charge in [0.15, 0.2) is 6.61 Å². The zero-order valence-electron chi connectivity index (χ0n) is 16.2. The number of carbonyl (C=O) groups excluding carboxylic acids is 1. The summed E-state index contributed by atoms with van der Waals surface area (Å²) in [6, 6.07) is 14.1. The fourth-order valence-electron chi connectivity index (χ4n) is 3.15. The first kappa shape index (κ1) is 19.4. The van der Waals surface area contributed by atoms with Gasteiger partial charge in [-0.2, -0.15) is 0 Å². The van der Waals surface area contributed by atoms with E-state index in [9.17, 15) is 4.79 Å². The van der Waals surface area contributed by atoms with Crippen LogP contribution in [0.2, 0.25) is 0 Å². The first-order chi connectivity index (χ1) is 13.1. The van der Waals surface area contributed by atoms with Gasteiger partial charge in [0, 0.05) is 26.2 Å². The molecule has 0 spiro atoms. The maximum absolute atomic E-state index is 12.2. The van der Waals surface area contributed by atoms with E-state index in [-0.39, 0.29) is 12.5 Å². The molecule has 1 heterocycles. The Morgan fingerprint density at radius 1 is 1.07 bits per heavy atom. The van der Waals surface area contributed by atoms with Crippen LogP contribution < -0.4 is 10.1 Å². The van der Waals surface area contributed by atoms with Crippen molar-refractivity contribution in [1.82, 2.24) is 10.2 Å². The summed E-state index contributed by atoms with van der Waals surface area (Å²) >= 11 is 0. The zero-order chi connectivity index (χ0) is 19.1. The lowest BCUT2D eigenvalue weighted by atomic mass is 10.1. The Hall–Kier alpha value is -2.37. The molecule has 2 aromatic carbocycles. The predicted molar refractivity (Wildman–Crippen MR) is 106 cm³/mol. The van der Waals surface area contributed by atoms with E-state index in [4.69, 9.17) is 9.47 Å². The summed E-state index contributed by atoms with van der Waals surface area (Å²) in [7, 11) is 0. The molecule has 1 saturated heterocycles. The largest absolute Gasteiger partial charge is 0.483 e. The molecule has 5 nitrogen and oxygen atoms in total. The number of benzene rings is 2. The van der Waals surface area contributed by atoms with Crippen molar-refractivity contribution >= 4 is 5.91 Å². The minimum absolute atomic E-state index is 0.0237. The number of aryl methyl sites for hydroxylation is 1. The Kier molecular flexibility index (Phi) is 6.85. The molecule has 0 atom stereocenters. The van der Waals surface area contributed by atoms with Crippen LogP contribution in [0.25, 0.3) is 0 Å². The van der Waals surface area contributed by atoms with Gasteiger partial charge in [-0.15, -0.1) is 0 Å². The third-order valence-corrected chi connectivity index (χ3v) is 5.01. The second kappa shape index (κ2) is 9.53. The second-order valence-corrected chi connectivity index (χ2v) is 6.92. The minimum atomic E-state index is -0.114. The van der Waals surface area contributed by atoms with Gasteiger partial charge >= 0.3 is 0 Å². The van der Waals surface area contributed by atoms with Gasteiger partial charge in [-0.25, -0.2) is 0 Å². The Morgan fingerprint density at radius 2 is 1.81 bits per heavy atom. The lowest BCUT2D eigenvalue weighted by molar-refractivity contribution is -0.123. The molecule has 0 unspecified atom stereocenters. The highest BCUT2D eigenvalue weighted by Crippen LogP contribution is 2.20. The zero-order valence-corrected chi connectivity index (χ0v) is 16.2. The van der Waals surface area contributed by atoms with Crippen LogP contribution in [0.3, 0.4) is 0 Å². The van der Waals surface area contributed by atoms with Crippen molar-refractivity contribution in [2.75, 3.05) is 32.9 Å². The third-order valence-electron chi connectivity index (χ3n) is 5.01. The van der Waals surface area contributed by atoms with Crippen LogP contribution in [0.5, 0.6) is 5.75 Å². The number of rotatable bonds is 7. The first-order valence-electron chi connectivity index (χ1n) is 9.46. The fraction of sp³-hybridized carbons (Fsp3) is 0.409. The molecule has 0 saturated carbocycles. The number of ether oxygens (including phenoxy) is 2. The highest BCUT2D eigenvalue weighted by Gasteiger charge is 2.13. The van der Waals surface area contributed by atoms with E-state index in [1.807, 2.05) is 44.2 Å². The monoisotopic (exact) mass is 368 g/mol. The van der Waals surface area contributed by atoms with Gasteiger partial charge in [0.05, 0.1) is 13.2 Å². The molecule has 1 aliphatic rings. The predicted octanol–water partition coefficient (Wildman–Crippen LogP) is 2.83. The second-order valence-electron chi connectivity index (χ2n) is 6.92. The normalized spacial score (nSPS) is 14.7. The summed E-state index contributed by atoms with van der Waals surface area (Å²) in [5.74, 6) is 0.648. The summed E-state index contributed by atoms with van der Waals surface area (Å²) in [5, 5.41) is 2.97. The van der Waals surface area contributed by atoms with Crippen LogP contribution >= 0.6 is 0 Å². The van der Waals surface area contributed by atoms with Crippen LogP contribution in [0.4, 0.5) is 0 Å². The lowest BCUT2D eigenvalue weighted by Crippen LogP contribution is -2.36. The van der Waals surface area contributed by atoms with E-state index in [1.54, 1.807) is 0 Å². The highest BCUT2D eigenvalue weighted by atomic mass is 16.5. The van der Waals surface area contributed by atoms with Crippen LogP contribution in [0.15, 0.2) is 42.5 Å². The van der Waals surface area contributed by atoms with Gasteiger partial charge in [-0.05, 0) is 42.2 Å². The molecule has 1 aliphatic heterocycles. The number of nitrogens with one attached hydrogen (secondary N) is 1. The maximum Gasteiger partial charge on any atom is 0.258 e. The Morgan fingerprint density at radius 3 is 2.59 bits per heavy atom. The van der Waals surface area contributed by atoms with Crippen LogP contribution in [-0.4, -0.2) is 43.7 Å². The topological polar surface area (TPSA) is 50.8 Å². The summed E-state index contributed by atoms with van der Waals surface area (Å²) in [4.78, 5) is 14.6. The molecule has 144 valence electrons. The summed E-state index contributed by atoms with van der Waals surface area (Å²) in [6.07, 6.45) is 0. The number of morpholine rings is 1. The van der Waals surface area contributed by atoms with Crippen molar-refractivity contribution in [3.8, 4) is 5.75 Å². The van der Waals surface area contributed by atoms with Gasteiger partial charge in [-0.1, -0.05) is 36.4 Å². The Labute approximate surface area is 161 Å². The molecule has 0 aliphatic carbocycles. The van der Waals surface area contributed by atoms with E-state index in [0.29, 0.717) is 6.54 Å². The molecular weight excluding hydrogens is 340 g/mol. The standard InChI is InChI=1S/C22H28N2O3/c1-17-6-5-9-21(18(17)2)27-16-22(25)23-14-19-7-3-4-8-20(19)15-24-10-12-26-13-11-24/h3-9H,10-16H2,1-2H3,(H,23,25). The van der Waals surface area contributed by atoms with E-state index >= 15 is 0 Å². The van der Waals surface area contributed by atoms with E-state index < -0.39 is 0 Å². The highest BCUT2D eigenvalue weighted by molar-refractivity contribution is 5.77. The molecule has 0 radical (unpaired) electrons. The average Bonchev–Trinajstić information content (AvgIpc) is 2.69. The first-order valence-corrected chi connectivity index (χ1v) is 9.46. The average molecular weight is 368 g/mol. The molecule has 5 heteroatoms. The van der Waals surface area contributed by atoms with Crippen molar-refractivity contribution in [2.24, 2.45) is 0 Å². The number of amides is 1. The van der Waals surface area contributed by atoms with Crippen molar-refractivity contribution in [1.29, 1.82) is 0 Å². The van der Waals surface area contributed by atoms with Gasteiger partial charge in [-0.3, -0.25) is 9.69 Å². The minimum Gasteiger partial charge on any atom is -0.483 e. The SMILES string of the molecule is Cc1cccc(OCC(=O)NCc2ccccc2CN2CCOCC2)c1C.